The predicted molar refractivity (Wildman–Crippen MR) is 49.7 cm³/mol. The first kappa shape index (κ1) is 14.7. The Bertz CT molecular complexity index is 451. The van der Waals surface area contributed by atoms with E-state index in [1.807, 2.05) is 0 Å². The largest absolute Gasteiger partial charge is 0.397 e. The van der Waals surface area contributed by atoms with Gasteiger partial charge in [-0.15, -0.1) is 0 Å². The molecule has 0 spiro atoms. The van der Waals surface area contributed by atoms with E-state index in [0.29, 0.717) is 0 Å². The van der Waals surface area contributed by atoms with Gasteiger partial charge in [0.25, 0.3) is 0 Å². The molecule has 3 unspecified atom stereocenters. The predicted octanol–water partition coefficient (Wildman–Crippen LogP) is -2.25. The fraction of sp³-hybridized carbons (Fsp3) is 1.00. The van der Waals surface area contributed by atoms with Crippen molar-refractivity contribution < 1.29 is 44.2 Å². The summed E-state index contributed by atoms with van der Waals surface area (Å²) in [6, 6.07) is 0. The molecule has 0 aliphatic carbocycles. The molecule has 0 radical (unpaired) electrons. The van der Waals surface area contributed by atoms with Crippen LogP contribution in [0.2, 0.25) is 0 Å². The highest BCUT2D eigenvalue weighted by molar-refractivity contribution is 7.81. The molecule has 12 heteroatoms. The van der Waals surface area contributed by atoms with Gasteiger partial charge in [-0.05, 0) is 0 Å². The quantitative estimate of drug-likeness (QED) is 0.484. The zero-order chi connectivity index (χ0) is 13.3. The highest BCUT2D eigenvalue weighted by atomic mass is 32.3. The Kier molecular flexibility index (Phi) is 4.43. The minimum absolute atomic E-state index is 0.342. The maximum Gasteiger partial charge on any atom is 0.397 e. The molecule has 1 heterocycles. The van der Waals surface area contributed by atoms with Gasteiger partial charge in [0.1, 0.15) is 18.3 Å². The first-order valence-electron chi connectivity index (χ1n) is 4.16. The highest BCUT2D eigenvalue weighted by Crippen LogP contribution is 2.18. The number of aliphatic hydroxyl groups excluding tert-OH is 1. The summed E-state index contributed by atoms with van der Waals surface area (Å²) in [5.74, 6) is 0. The third-order valence-electron chi connectivity index (χ3n) is 1.79. The van der Waals surface area contributed by atoms with Crippen LogP contribution in [0.25, 0.3) is 0 Å². The summed E-state index contributed by atoms with van der Waals surface area (Å²) in [5.41, 5.74) is 0. The van der Waals surface area contributed by atoms with E-state index in [1.54, 1.807) is 0 Å². The molecular formula is C5H10O10S2. The first-order chi connectivity index (χ1) is 7.58. The molecule has 3 N–H and O–H groups in total. The first-order valence-corrected chi connectivity index (χ1v) is 6.89. The summed E-state index contributed by atoms with van der Waals surface area (Å²) in [5, 5.41) is 9.32. The average Bonchev–Trinajstić information content (AvgIpc) is 2.07. The lowest BCUT2D eigenvalue weighted by molar-refractivity contribution is -0.133. The Balaban J connectivity index is 2.85. The van der Waals surface area contributed by atoms with Gasteiger partial charge in [-0.2, -0.15) is 16.8 Å². The third-order valence-corrected chi connectivity index (χ3v) is 2.75. The molecule has 1 aliphatic heterocycles. The van der Waals surface area contributed by atoms with Gasteiger partial charge in [0.2, 0.25) is 0 Å². The number of hydrogen-bond donors (Lipinski definition) is 3. The van der Waals surface area contributed by atoms with Gasteiger partial charge >= 0.3 is 20.8 Å². The molecule has 0 aromatic carbocycles. The van der Waals surface area contributed by atoms with E-state index in [1.165, 1.54) is 0 Å². The summed E-state index contributed by atoms with van der Waals surface area (Å²) in [6.45, 7) is -0.789. The zero-order valence-corrected chi connectivity index (χ0v) is 9.80. The molecule has 102 valence electrons. The molecule has 1 rings (SSSR count). The zero-order valence-electron chi connectivity index (χ0n) is 8.16. The molecule has 17 heavy (non-hydrogen) atoms. The second-order valence-electron chi connectivity index (χ2n) is 3.16. The molecular weight excluding hydrogens is 284 g/mol. The number of rotatable bonds is 4. The molecule has 1 aliphatic rings. The average molecular weight is 294 g/mol. The maximum atomic E-state index is 10.5. The number of aliphatic hydroxyl groups is 1. The van der Waals surface area contributed by atoms with Gasteiger partial charge in [-0.1, -0.05) is 0 Å². The molecule has 3 atom stereocenters. The SMILES string of the molecule is O=S(=O)(O)OC1COCC(O)C1OS(=O)(=O)O. The molecule has 0 amide bonds. The van der Waals surface area contributed by atoms with Crippen molar-refractivity contribution in [2.75, 3.05) is 13.2 Å². The fourth-order valence-electron chi connectivity index (χ4n) is 1.25. The molecule has 0 aromatic rings. The van der Waals surface area contributed by atoms with E-state index >= 15 is 0 Å². The van der Waals surface area contributed by atoms with Crippen molar-refractivity contribution in [2.24, 2.45) is 0 Å². The van der Waals surface area contributed by atoms with E-state index < -0.39 is 45.7 Å². The maximum absolute atomic E-state index is 10.5. The summed E-state index contributed by atoms with van der Waals surface area (Å²) in [7, 11) is -9.80. The highest BCUT2D eigenvalue weighted by Gasteiger charge is 2.40. The smallest absolute Gasteiger partial charge is 0.388 e. The van der Waals surface area contributed by atoms with Crippen LogP contribution in [0, 0.1) is 0 Å². The van der Waals surface area contributed by atoms with Crippen molar-refractivity contribution in [1.29, 1.82) is 0 Å². The van der Waals surface area contributed by atoms with Gasteiger partial charge in [0, 0.05) is 0 Å². The lowest BCUT2D eigenvalue weighted by atomic mass is 10.1. The topological polar surface area (TPSA) is 157 Å². The van der Waals surface area contributed by atoms with E-state index in [9.17, 15) is 21.9 Å². The number of ether oxygens (including phenoxy) is 1. The molecule has 1 fully saturated rings. The molecule has 0 saturated carbocycles. The second kappa shape index (κ2) is 5.11. The normalized spacial score (nSPS) is 31.4. The van der Waals surface area contributed by atoms with Gasteiger partial charge < -0.3 is 9.84 Å². The molecule has 0 bridgehead atoms. The Morgan fingerprint density at radius 2 is 1.53 bits per heavy atom. The summed E-state index contributed by atoms with van der Waals surface area (Å²) in [6.07, 6.45) is -4.85. The van der Waals surface area contributed by atoms with E-state index in [-0.39, 0.29) is 6.61 Å². The fourth-order valence-corrected chi connectivity index (χ4v) is 2.26. The lowest BCUT2D eigenvalue weighted by Gasteiger charge is -2.32. The van der Waals surface area contributed by atoms with Crippen molar-refractivity contribution in [3.63, 3.8) is 0 Å². The number of hydrogen-bond acceptors (Lipinski definition) is 8. The van der Waals surface area contributed by atoms with Crippen LogP contribution in [-0.4, -0.2) is 62.6 Å². The van der Waals surface area contributed by atoms with Crippen molar-refractivity contribution in [1.82, 2.24) is 0 Å². The van der Waals surface area contributed by atoms with Crippen molar-refractivity contribution in [2.45, 2.75) is 18.3 Å². The Labute approximate surface area is 97.0 Å². The van der Waals surface area contributed by atoms with E-state index in [4.69, 9.17) is 9.11 Å². The Hall–Kier alpha value is -0.340. The monoisotopic (exact) mass is 294 g/mol. The Morgan fingerprint density at radius 3 is 2.00 bits per heavy atom. The van der Waals surface area contributed by atoms with E-state index in [0.717, 1.165) is 0 Å². The van der Waals surface area contributed by atoms with Crippen LogP contribution in [0.1, 0.15) is 0 Å². The van der Waals surface area contributed by atoms with Crippen LogP contribution >= 0.6 is 0 Å². The lowest BCUT2D eigenvalue weighted by Crippen LogP contribution is -2.51. The molecule has 10 nitrogen and oxygen atoms in total. The molecule has 0 aromatic heterocycles. The van der Waals surface area contributed by atoms with E-state index in [2.05, 4.69) is 13.1 Å². The standard InChI is InChI=1S/C5H10O10S2/c6-3-1-13-2-4(14-16(7,8)9)5(3)15-17(10,11)12/h3-6H,1-2H2,(H,7,8,9)(H,10,11,12). The van der Waals surface area contributed by atoms with Crippen LogP contribution in [-0.2, 0) is 33.9 Å². The third kappa shape index (κ3) is 5.22. The van der Waals surface area contributed by atoms with Crippen LogP contribution in [0.3, 0.4) is 0 Å². The van der Waals surface area contributed by atoms with Crippen LogP contribution in [0.4, 0.5) is 0 Å². The second-order valence-corrected chi connectivity index (χ2v) is 5.25. The molecule has 1 saturated heterocycles. The minimum atomic E-state index is -4.92. The summed E-state index contributed by atoms with van der Waals surface area (Å²) < 4.78 is 71.5. The van der Waals surface area contributed by atoms with Gasteiger partial charge in [0.15, 0.2) is 0 Å². The van der Waals surface area contributed by atoms with Crippen molar-refractivity contribution in [3.05, 3.63) is 0 Å². The summed E-state index contributed by atoms with van der Waals surface area (Å²) >= 11 is 0. The minimum Gasteiger partial charge on any atom is -0.388 e. The van der Waals surface area contributed by atoms with Crippen molar-refractivity contribution in [3.8, 4) is 0 Å². The van der Waals surface area contributed by atoms with Gasteiger partial charge in [0.05, 0.1) is 13.2 Å². The van der Waals surface area contributed by atoms with Crippen LogP contribution in [0.15, 0.2) is 0 Å². The van der Waals surface area contributed by atoms with Crippen LogP contribution < -0.4 is 0 Å². The van der Waals surface area contributed by atoms with Gasteiger partial charge in [-0.3, -0.25) is 9.11 Å². The van der Waals surface area contributed by atoms with Gasteiger partial charge in [-0.25, -0.2) is 8.37 Å². The summed E-state index contributed by atoms with van der Waals surface area (Å²) in [4.78, 5) is 0. The van der Waals surface area contributed by atoms with Crippen molar-refractivity contribution >= 4 is 20.8 Å². The van der Waals surface area contributed by atoms with Crippen LogP contribution in [0.5, 0.6) is 0 Å². The Morgan fingerprint density at radius 1 is 1.00 bits per heavy atom.